The molecule has 1 aliphatic carbocycles. The summed E-state index contributed by atoms with van der Waals surface area (Å²) in [6.45, 7) is 17.8. The van der Waals surface area contributed by atoms with E-state index in [-0.39, 0.29) is 0 Å². The van der Waals surface area contributed by atoms with Crippen LogP contribution in [0.1, 0.15) is 47.2 Å². The van der Waals surface area contributed by atoms with Crippen LogP contribution in [0.3, 0.4) is 0 Å². The summed E-state index contributed by atoms with van der Waals surface area (Å²) < 4.78 is 0. The van der Waals surface area contributed by atoms with Crippen molar-refractivity contribution in [2.24, 2.45) is 0 Å². The molecule has 0 spiro atoms. The molecule has 2 heterocycles. The fraction of sp³-hybridized carbons (Fsp3) is 0.143. The maximum atomic E-state index is 6.35. The minimum Gasteiger partial charge on any atom is -0.383 e. The highest BCUT2D eigenvalue weighted by atomic mass is 14.9. The van der Waals surface area contributed by atoms with Crippen molar-refractivity contribution >= 4 is 22.5 Å². The monoisotopic (exact) mass is 527 g/mol. The Balaban J connectivity index is 1.58. The predicted molar refractivity (Wildman–Crippen MR) is 170 cm³/mol. The average Bonchev–Trinajstić information content (AvgIpc) is 3.64. The van der Waals surface area contributed by atoms with Gasteiger partial charge in [0.05, 0.1) is 5.69 Å². The average molecular weight is 528 g/mol. The second kappa shape index (κ2) is 13.4. The standard InChI is InChI=1S/C35H37N5/c1-6-14-31(29-17-12-13-18-29)33-25(5)39-35(40-33)24(4)32-20-30(23-38-34(32)36)28(8-3)19-26(7-2)21-37-22-27-15-10-9-11-16-27/h6-12,14-20,23,37H,1-2,4,13,21-22H2,3,5H3,(H2,36,38)(H,39,40)/b26-19+,28-8+,31-14-. The SMILES string of the molecule is C=C/C=C(/C1=CCC=C1)c1nc(C(=C)c2cc(C(/C=C(\C=C)CNCc3ccccc3)=C/C)cnc2N)[nH]c1C. The fourth-order valence-electron chi connectivity index (χ4n) is 4.62. The van der Waals surface area contributed by atoms with Crippen molar-refractivity contribution in [1.82, 2.24) is 20.3 Å². The van der Waals surface area contributed by atoms with E-state index in [1.54, 1.807) is 12.3 Å². The lowest BCUT2D eigenvalue weighted by molar-refractivity contribution is 0.747. The zero-order valence-electron chi connectivity index (χ0n) is 23.4. The van der Waals surface area contributed by atoms with Crippen molar-refractivity contribution in [3.8, 4) is 0 Å². The zero-order chi connectivity index (χ0) is 28.5. The summed E-state index contributed by atoms with van der Waals surface area (Å²) in [5.74, 6) is 1.06. The minimum absolute atomic E-state index is 0.403. The van der Waals surface area contributed by atoms with E-state index in [1.165, 1.54) is 5.56 Å². The number of nitrogen functional groups attached to an aromatic ring is 1. The summed E-state index contributed by atoms with van der Waals surface area (Å²) in [5.41, 5.74) is 16.0. The Morgan fingerprint density at radius 3 is 2.67 bits per heavy atom. The molecular weight excluding hydrogens is 490 g/mol. The number of H-pyrrole nitrogens is 1. The van der Waals surface area contributed by atoms with Gasteiger partial charge < -0.3 is 16.0 Å². The lowest BCUT2D eigenvalue weighted by Crippen LogP contribution is -2.16. The lowest BCUT2D eigenvalue weighted by atomic mass is 9.99. The van der Waals surface area contributed by atoms with Crippen molar-refractivity contribution < 1.29 is 0 Å². The Morgan fingerprint density at radius 2 is 2.00 bits per heavy atom. The zero-order valence-corrected chi connectivity index (χ0v) is 23.4. The molecule has 0 unspecified atom stereocenters. The first kappa shape index (κ1) is 28.3. The Bertz CT molecular complexity index is 1560. The first-order chi connectivity index (χ1) is 19.4. The first-order valence-corrected chi connectivity index (χ1v) is 13.4. The molecule has 1 aliphatic rings. The maximum absolute atomic E-state index is 6.35. The number of aromatic amines is 1. The summed E-state index contributed by atoms with van der Waals surface area (Å²) in [6.07, 6.45) is 19.0. The second-order valence-electron chi connectivity index (χ2n) is 9.56. The van der Waals surface area contributed by atoms with E-state index in [0.29, 0.717) is 23.8 Å². The maximum Gasteiger partial charge on any atom is 0.138 e. The number of aryl methyl sites for hydroxylation is 1. The minimum atomic E-state index is 0.403. The van der Waals surface area contributed by atoms with Gasteiger partial charge in [0.2, 0.25) is 0 Å². The summed E-state index contributed by atoms with van der Waals surface area (Å²) in [6, 6.07) is 12.4. The van der Waals surface area contributed by atoms with Gasteiger partial charge in [0.25, 0.3) is 0 Å². The number of rotatable bonds is 12. The molecule has 3 aromatic rings. The molecule has 0 fully saturated rings. The van der Waals surface area contributed by atoms with Crippen LogP contribution in [0, 0.1) is 6.92 Å². The molecule has 0 saturated heterocycles. The number of pyridine rings is 1. The van der Waals surface area contributed by atoms with Crippen LogP contribution < -0.4 is 11.1 Å². The number of nitrogens with one attached hydrogen (secondary N) is 2. The molecule has 0 radical (unpaired) electrons. The quantitative estimate of drug-likeness (QED) is 0.213. The lowest BCUT2D eigenvalue weighted by Gasteiger charge is -2.11. The van der Waals surface area contributed by atoms with E-state index in [0.717, 1.165) is 57.8 Å². The highest BCUT2D eigenvalue weighted by molar-refractivity contribution is 5.87. The summed E-state index contributed by atoms with van der Waals surface area (Å²) >= 11 is 0. The highest BCUT2D eigenvalue weighted by Gasteiger charge is 2.18. The topological polar surface area (TPSA) is 79.6 Å². The third kappa shape index (κ3) is 6.63. The smallest absolute Gasteiger partial charge is 0.138 e. The van der Waals surface area contributed by atoms with E-state index >= 15 is 0 Å². The molecule has 4 N–H and O–H groups in total. The van der Waals surface area contributed by atoms with E-state index in [4.69, 9.17) is 10.7 Å². The predicted octanol–water partition coefficient (Wildman–Crippen LogP) is 7.52. The van der Waals surface area contributed by atoms with E-state index in [9.17, 15) is 0 Å². The molecule has 202 valence electrons. The van der Waals surface area contributed by atoms with Crippen LogP contribution in [0.2, 0.25) is 0 Å². The number of aromatic nitrogens is 3. The third-order valence-electron chi connectivity index (χ3n) is 6.78. The summed E-state index contributed by atoms with van der Waals surface area (Å²) in [4.78, 5) is 12.8. The van der Waals surface area contributed by atoms with Crippen LogP contribution >= 0.6 is 0 Å². The van der Waals surface area contributed by atoms with Crippen molar-refractivity contribution in [3.63, 3.8) is 0 Å². The Morgan fingerprint density at radius 1 is 1.20 bits per heavy atom. The summed E-state index contributed by atoms with van der Waals surface area (Å²) in [7, 11) is 0. The Labute approximate surface area is 237 Å². The Kier molecular flexibility index (Phi) is 9.44. The van der Waals surface area contributed by atoms with Gasteiger partial charge in [-0.2, -0.15) is 0 Å². The van der Waals surface area contributed by atoms with Crippen LogP contribution in [-0.2, 0) is 6.54 Å². The molecule has 4 rings (SSSR count). The largest absolute Gasteiger partial charge is 0.383 e. The Hall–Kier alpha value is -4.74. The van der Waals surface area contributed by atoms with Gasteiger partial charge in [-0.25, -0.2) is 9.97 Å². The number of nitrogens with two attached hydrogens (primary N) is 1. The van der Waals surface area contributed by atoms with Crippen LogP contribution in [0.5, 0.6) is 0 Å². The van der Waals surface area contributed by atoms with Gasteiger partial charge in [-0.05, 0) is 48.6 Å². The van der Waals surface area contributed by atoms with Gasteiger partial charge in [0, 0.05) is 47.3 Å². The van der Waals surface area contributed by atoms with Crippen molar-refractivity contribution in [2.75, 3.05) is 12.3 Å². The van der Waals surface area contributed by atoms with Gasteiger partial charge in [-0.1, -0.05) is 98.7 Å². The highest BCUT2D eigenvalue weighted by Crippen LogP contribution is 2.32. The number of nitrogens with zero attached hydrogens (tertiary/aromatic N) is 2. The van der Waals surface area contributed by atoms with Crippen LogP contribution in [0.25, 0.3) is 16.7 Å². The van der Waals surface area contributed by atoms with Crippen LogP contribution in [0.15, 0.2) is 122 Å². The fourth-order valence-corrected chi connectivity index (χ4v) is 4.62. The molecule has 0 bridgehead atoms. The molecule has 40 heavy (non-hydrogen) atoms. The van der Waals surface area contributed by atoms with E-state index < -0.39 is 0 Å². The number of anilines is 1. The summed E-state index contributed by atoms with van der Waals surface area (Å²) in [5, 5.41) is 3.49. The van der Waals surface area contributed by atoms with Gasteiger partial charge in [-0.15, -0.1) is 0 Å². The molecule has 0 aliphatic heterocycles. The molecule has 2 aromatic heterocycles. The van der Waals surface area contributed by atoms with E-state index in [2.05, 4.69) is 77.5 Å². The van der Waals surface area contributed by atoms with Crippen LogP contribution in [-0.4, -0.2) is 21.5 Å². The number of imidazole rings is 1. The molecule has 0 atom stereocenters. The number of hydrogen-bond acceptors (Lipinski definition) is 4. The molecule has 0 saturated carbocycles. The van der Waals surface area contributed by atoms with Gasteiger partial charge in [-0.3, -0.25) is 0 Å². The molecule has 0 amide bonds. The molecular formula is C35H37N5. The van der Waals surface area contributed by atoms with Crippen molar-refractivity contribution in [3.05, 3.63) is 156 Å². The van der Waals surface area contributed by atoms with E-state index in [1.807, 2.05) is 50.3 Å². The van der Waals surface area contributed by atoms with Gasteiger partial charge in [0.1, 0.15) is 11.6 Å². The van der Waals surface area contributed by atoms with Gasteiger partial charge >= 0.3 is 0 Å². The second-order valence-corrected chi connectivity index (χ2v) is 9.56. The number of allylic oxidation sites excluding steroid dienone is 10. The van der Waals surface area contributed by atoms with Gasteiger partial charge in [0.15, 0.2) is 0 Å². The normalized spacial score (nSPS) is 13.8. The van der Waals surface area contributed by atoms with Crippen molar-refractivity contribution in [2.45, 2.75) is 26.8 Å². The van der Waals surface area contributed by atoms with Crippen LogP contribution in [0.4, 0.5) is 5.82 Å². The first-order valence-electron chi connectivity index (χ1n) is 13.4. The molecule has 5 nitrogen and oxygen atoms in total. The molecule has 1 aromatic carbocycles. The molecule has 5 heteroatoms. The third-order valence-corrected chi connectivity index (χ3v) is 6.78. The van der Waals surface area contributed by atoms with Crippen molar-refractivity contribution in [1.29, 1.82) is 0 Å². The number of benzene rings is 1. The number of hydrogen-bond donors (Lipinski definition) is 3.